The second-order valence-corrected chi connectivity index (χ2v) is 6.85. The van der Waals surface area contributed by atoms with Gasteiger partial charge in [-0.15, -0.1) is 0 Å². The molecular weight excluding hydrogens is 216 g/mol. The summed E-state index contributed by atoms with van der Waals surface area (Å²) >= 11 is 0. The Hall–Kier alpha value is -0.170. The van der Waals surface area contributed by atoms with Crippen LogP contribution in [-0.4, -0.2) is 49.8 Å². The van der Waals surface area contributed by atoms with Gasteiger partial charge < -0.3 is 10.5 Å². The van der Waals surface area contributed by atoms with E-state index in [1.807, 2.05) is 6.92 Å². The summed E-state index contributed by atoms with van der Waals surface area (Å²) in [6.07, 6.45) is 1.71. The summed E-state index contributed by atoms with van der Waals surface area (Å²) in [5.41, 5.74) is 5.44. The number of hydrogen-bond acceptors (Lipinski definition) is 4. The van der Waals surface area contributed by atoms with Gasteiger partial charge in [-0.25, -0.2) is 8.42 Å². The second kappa shape index (κ2) is 3.69. The number of nitrogens with zero attached hydrogens (tertiary/aromatic N) is 1. The summed E-state index contributed by atoms with van der Waals surface area (Å²) in [5.74, 6) is 0.114. The third-order valence-corrected chi connectivity index (χ3v) is 4.73. The van der Waals surface area contributed by atoms with Gasteiger partial charge >= 0.3 is 0 Å². The van der Waals surface area contributed by atoms with E-state index < -0.39 is 10.0 Å². The van der Waals surface area contributed by atoms with Crippen molar-refractivity contribution >= 4 is 10.0 Å². The summed E-state index contributed by atoms with van der Waals surface area (Å²) < 4.78 is 30.5. The summed E-state index contributed by atoms with van der Waals surface area (Å²) in [7, 11) is -3.15. The van der Waals surface area contributed by atoms with Crippen LogP contribution in [0.5, 0.6) is 0 Å². The monoisotopic (exact) mass is 234 g/mol. The van der Waals surface area contributed by atoms with Crippen LogP contribution in [0.15, 0.2) is 0 Å². The molecule has 15 heavy (non-hydrogen) atoms. The lowest BCUT2D eigenvalue weighted by Crippen LogP contribution is -2.67. The van der Waals surface area contributed by atoms with Crippen LogP contribution in [0.4, 0.5) is 0 Å². The fraction of sp³-hybridized carbons (Fsp3) is 1.00. The number of rotatable bonds is 3. The van der Waals surface area contributed by atoms with Crippen molar-refractivity contribution in [1.82, 2.24) is 4.31 Å². The van der Waals surface area contributed by atoms with Crippen LogP contribution in [0.2, 0.25) is 0 Å². The van der Waals surface area contributed by atoms with Gasteiger partial charge in [-0.1, -0.05) is 0 Å². The van der Waals surface area contributed by atoms with Crippen molar-refractivity contribution in [2.24, 2.45) is 5.73 Å². The fourth-order valence-electron chi connectivity index (χ4n) is 2.07. The molecule has 5 nitrogen and oxygen atoms in total. The first-order chi connectivity index (χ1) is 6.89. The number of sulfonamides is 1. The quantitative estimate of drug-likeness (QED) is 0.716. The van der Waals surface area contributed by atoms with E-state index in [2.05, 4.69) is 0 Å². The zero-order valence-corrected chi connectivity index (χ0v) is 9.79. The molecule has 2 aliphatic rings. The molecule has 2 heterocycles. The molecule has 88 valence electrons. The molecule has 2 saturated heterocycles. The normalized spacial score (nSPS) is 31.5. The van der Waals surface area contributed by atoms with Crippen molar-refractivity contribution in [1.29, 1.82) is 0 Å². The minimum absolute atomic E-state index is 0.111. The van der Waals surface area contributed by atoms with Crippen molar-refractivity contribution in [3.05, 3.63) is 0 Å². The van der Waals surface area contributed by atoms with Gasteiger partial charge in [0.1, 0.15) is 0 Å². The van der Waals surface area contributed by atoms with Crippen LogP contribution in [-0.2, 0) is 14.8 Å². The Labute approximate surface area is 90.6 Å². The van der Waals surface area contributed by atoms with E-state index >= 15 is 0 Å². The van der Waals surface area contributed by atoms with Crippen molar-refractivity contribution < 1.29 is 13.2 Å². The summed E-state index contributed by atoms with van der Waals surface area (Å²) in [5, 5.41) is 0. The highest BCUT2D eigenvalue weighted by Crippen LogP contribution is 2.23. The van der Waals surface area contributed by atoms with Gasteiger partial charge in [0.25, 0.3) is 0 Å². The Morgan fingerprint density at radius 2 is 2.20 bits per heavy atom. The number of ether oxygens (including phenoxy) is 1. The molecule has 0 aromatic heterocycles. The van der Waals surface area contributed by atoms with E-state index in [9.17, 15) is 8.42 Å². The van der Waals surface area contributed by atoms with Crippen LogP contribution in [0.25, 0.3) is 0 Å². The maximum Gasteiger partial charge on any atom is 0.216 e. The number of hydrogen-bond donors (Lipinski definition) is 1. The average molecular weight is 234 g/mol. The highest BCUT2D eigenvalue weighted by atomic mass is 32.2. The van der Waals surface area contributed by atoms with Crippen molar-refractivity contribution in [3.63, 3.8) is 0 Å². The molecule has 0 spiro atoms. The molecule has 2 rings (SSSR count). The van der Waals surface area contributed by atoms with Gasteiger partial charge in [0.15, 0.2) is 0 Å². The minimum Gasteiger partial charge on any atom is -0.377 e. The van der Waals surface area contributed by atoms with E-state index in [-0.39, 0.29) is 17.4 Å². The molecule has 0 aromatic rings. The Kier molecular flexibility index (Phi) is 2.79. The van der Waals surface area contributed by atoms with Gasteiger partial charge in [-0.05, 0) is 19.8 Å². The zero-order chi connectivity index (χ0) is 11.1. The second-order valence-electron chi connectivity index (χ2n) is 4.84. The van der Waals surface area contributed by atoms with Gasteiger partial charge in [-0.3, -0.25) is 0 Å². The van der Waals surface area contributed by atoms with Gasteiger partial charge in [-0.2, -0.15) is 4.31 Å². The molecule has 0 amide bonds. The molecule has 6 heteroatoms. The van der Waals surface area contributed by atoms with E-state index in [0.717, 1.165) is 12.8 Å². The zero-order valence-electron chi connectivity index (χ0n) is 8.98. The Morgan fingerprint density at radius 1 is 1.53 bits per heavy atom. The minimum atomic E-state index is -3.15. The van der Waals surface area contributed by atoms with Gasteiger partial charge in [0, 0.05) is 25.2 Å². The molecule has 2 fully saturated rings. The Morgan fingerprint density at radius 3 is 2.67 bits per heavy atom. The summed E-state index contributed by atoms with van der Waals surface area (Å²) in [6.45, 7) is 3.42. The highest BCUT2D eigenvalue weighted by molar-refractivity contribution is 7.89. The third kappa shape index (κ3) is 2.50. The maximum absolute atomic E-state index is 11.8. The van der Waals surface area contributed by atoms with Gasteiger partial charge in [0.2, 0.25) is 10.0 Å². The lowest BCUT2D eigenvalue weighted by atomic mass is 9.97. The lowest BCUT2D eigenvalue weighted by Gasteiger charge is -2.44. The molecule has 0 radical (unpaired) electrons. The predicted octanol–water partition coefficient (Wildman–Crippen LogP) is -0.472. The van der Waals surface area contributed by atoms with Crippen LogP contribution < -0.4 is 5.73 Å². The lowest BCUT2D eigenvalue weighted by molar-refractivity contribution is 0.122. The molecule has 2 aliphatic heterocycles. The molecular formula is C9H18N2O3S. The maximum atomic E-state index is 11.8. The Balaban J connectivity index is 1.90. The smallest absolute Gasteiger partial charge is 0.216 e. The van der Waals surface area contributed by atoms with Crippen LogP contribution in [0.1, 0.15) is 19.8 Å². The molecule has 1 atom stereocenters. The molecule has 2 N–H and O–H groups in total. The van der Waals surface area contributed by atoms with E-state index in [1.54, 1.807) is 0 Å². The molecule has 0 bridgehead atoms. The first-order valence-corrected chi connectivity index (χ1v) is 6.88. The number of nitrogens with two attached hydrogens (primary N) is 1. The predicted molar refractivity (Wildman–Crippen MR) is 56.9 cm³/mol. The van der Waals surface area contributed by atoms with Crippen LogP contribution in [0, 0.1) is 0 Å². The van der Waals surface area contributed by atoms with Crippen LogP contribution >= 0.6 is 0 Å². The average Bonchev–Trinajstić information content (AvgIpc) is 2.51. The standard InChI is InChI=1S/C9H18N2O3S/c1-9(10)6-11(7-9)15(12,13)5-8-3-2-4-14-8/h8H,2-7,10H2,1H3. The third-order valence-electron chi connectivity index (χ3n) is 2.89. The molecule has 0 aliphatic carbocycles. The first kappa shape index (κ1) is 11.3. The Bertz CT molecular complexity index is 325. The van der Waals surface area contributed by atoms with E-state index in [1.165, 1.54) is 4.31 Å². The summed E-state index contributed by atoms with van der Waals surface area (Å²) in [6, 6.07) is 0. The van der Waals surface area contributed by atoms with Gasteiger partial charge in [0.05, 0.1) is 11.9 Å². The van der Waals surface area contributed by atoms with E-state index in [0.29, 0.717) is 19.7 Å². The van der Waals surface area contributed by atoms with E-state index in [4.69, 9.17) is 10.5 Å². The highest BCUT2D eigenvalue weighted by Gasteiger charge is 2.42. The largest absolute Gasteiger partial charge is 0.377 e. The topological polar surface area (TPSA) is 72.6 Å². The van der Waals surface area contributed by atoms with Crippen LogP contribution in [0.3, 0.4) is 0 Å². The fourth-order valence-corrected chi connectivity index (χ4v) is 4.00. The first-order valence-electron chi connectivity index (χ1n) is 5.27. The van der Waals surface area contributed by atoms with Crippen molar-refractivity contribution in [2.75, 3.05) is 25.4 Å². The molecule has 0 aromatic carbocycles. The molecule has 1 unspecified atom stereocenters. The SMILES string of the molecule is CC1(N)CN(S(=O)(=O)CC2CCCO2)C1. The molecule has 0 saturated carbocycles. The van der Waals surface area contributed by atoms with Crippen molar-refractivity contribution in [2.45, 2.75) is 31.4 Å². The van der Waals surface area contributed by atoms with Crippen molar-refractivity contribution in [3.8, 4) is 0 Å². The summed E-state index contributed by atoms with van der Waals surface area (Å²) in [4.78, 5) is 0.